The van der Waals surface area contributed by atoms with Crippen molar-refractivity contribution in [1.29, 1.82) is 5.26 Å². The molecule has 9 nitrogen and oxygen atoms in total. The van der Waals surface area contributed by atoms with Crippen LogP contribution < -0.4 is 29.4 Å². The van der Waals surface area contributed by atoms with E-state index in [1.165, 1.54) is 21.3 Å². The van der Waals surface area contributed by atoms with E-state index < -0.39 is 5.92 Å². The van der Waals surface area contributed by atoms with Crippen LogP contribution in [0, 0.1) is 11.3 Å². The summed E-state index contributed by atoms with van der Waals surface area (Å²) in [5.74, 6) is 1.73. The van der Waals surface area contributed by atoms with Gasteiger partial charge in [-0.05, 0) is 29.8 Å². The highest BCUT2D eigenvalue weighted by Crippen LogP contribution is 2.49. The molecule has 0 radical (unpaired) electrons. The van der Waals surface area contributed by atoms with Crippen molar-refractivity contribution in [3.8, 4) is 46.2 Å². The Balaban J connectivity index is 1.98. The first-order valence-corrected chi connectivity index (χ1v) is 9.66. The van der Waals surface area contributed by atoms with Gasteiger partial charge in [-0.25, -0.2) is 0 Å². The molecule has 0 aliphatic carbocycles. The van der Waals surface area contributed by atoms with Crippen molar-refractivity contribution in [1.82, 2.24) is 10.2 Å². The topological polar surface area (TPSA) is 125 Å². The van der Waals surface area contributed by atoms with Gasteiger partial charge in [0.05, 0.1) is 45.6 Å². The Morgan fingerprint density at radius 2 is 1.75 bits per heavy atom. The minimum absolute atomic E-state index is 0.0116. The van der Waals surface area contributed by atoms with E-state index in [9.17, 15) is 5.26 Å². The van der Waals surface area contributed by atoms with Gasteiger partial charge in [-0.1, -0.05) is 12.1 Å². The van der Waals surface area contributed by atoms with Crippen LogP contribution >= 0.6 is 0 Å². The number of H-pyrrole nitrogens is 1. The van der Waals surface area contributed by atoms with Crippen molar-refractivity contribution < 1.29 is 23.7 Å². The summed E-state index contributed by atoms with van der Waals surface area (Å²) in [4.78, 5) is 0. The Morgan fingerprint density at radius 3 is 2.34 bits per heavy atom. The molecule has 1 atom stereocenters. The third-order valence-electron chi connectivity index (χ3n) is 5.32. The Morgan fingerprint density at radius 1 is 1.03 bits per heavy atom. The van der Waals surface area contributed by atoms with Gasteiger partial charge in [0.1, 0.15) is 17.4 Å². The van der Waals surface area contributed by atoms with E-state index >= 15 is 0 Å². The van der Waals surface area contributed by atoms with Gasteiger partial charge in [0.25, 0.3) is 0 Å². The SMILES string of the molecule is COc1cccc(-c2[nH]nc3c2[C@H](c2cc(OC)c(OC)c(OC)c2)C(C#N)=C(N)O3)c1. The summed E-state index contributed by atoms with van der Waals surface area (Å²) in [6, 6.07) is 13.3. The number of hydrogen-bond donors (Lipinski definition) is 2. The molecular formula is C23H22N4O5. The third kappa shape index (κ3) is 3.32. The summed E-state index contributed by atoms with van der Waals surface area (Å²) in [6.07, 6.45) is 0. The fourth-order valence-corrected chi connectivity index (χ4v) is 3.85. The number of rotatable bonds is 6. The predicted molar refractivity (Wildman–Crippen MR) is 116 cm³/mol. The average Bonchev–Trinajstić information content (AvgIpc) is 3.25. The Hall–Kier alpha value is -4.32. The quantitative estimate of drug-likeness (QED) is 0.605. The summed E-state index contributed by atoms with van der Waals surface area (Å²) < 4.78 is 27.5. The maximum atomic E-state index is 9.95. The molecule has 0 spiro atoms. The number of fused-ring (bicyclic) bond motifs is 1. The summed E-state index contributed by atoms with van der Waals surface area (Å²) in [5, 5.41) is 17.3. The number of nitrogens with zero attached hydrogens (tertiary/aromatic N) is 2. The molecule has 0 bridgehead atoms. The van der Waals surface area contributed by atoms with Crippen molar-refractivity contribution in [2.45, 2.75) is 5.92 Å². The van der Waals surface area contributed by atoms with E-state index in [4.69, 9.17) is 29.4 Å². The molecular weight excluding hydrogens is 412 g/mol. The number of aromatic nitrogens is 2. The van der Waals surface area contributed by atoms with Crippen LogP contribution in [0.3, 0.4) is 0 Å². The summed E-state index contributed by atoms with van der Waals surface area (Å²) >= 11 is 0. The van der Waals surface area contributed by atoms with Crippen molar-refractivity contribution in [2.75, 3.05) is 28.4 Å². The van der Waals surface area contributed by atoms with Crippen LogP contribution in [0.1, 0.15) is 17.0 Å². The first kappa shape index (κ1) is 20.9. The minimum Gasteiger partial charge on any atom is -0.497 e. The van der Waals surface area contributed by atoms with Crippen LogP contribution in [0.25, 0.3) is 11.3 Å². The molecule has 1 aliphatic rings. The molecule has 0 saturated carbocycles. The molecule has 1 aromatic heterocycles. The lowest BCUT2D eigenvalue weighted by molar-refractivity contribution is 0.323. The second-order valence-electron chi connectivity index (χ2n) is 6.93. The van der Waals surface area contributed by atoms with Crippen LogP contribution in [0.4, 0.5) is 0 Å². The van der Waals surface area contributed by atoms with Crippen molar-refractivity contribution >= 4 is 0 Å². The highest BCUT2D eigenvalue weighted by molar-refractivity contribution is 5.72. The second kappa shape index (κ2) is 8.43. The smallest absolute Gasteiger partial charge is 0.244 e. The van der Waals surface area contributed by atoms with Crippen LogP contribution in [-0.4, -0.2) is 38.6 Å². The molecule has 0 amide bonds. The maximum absolute atomic E-state index is 9.95. The summed E-state index contributed by atoms with van der Waals surface area (Å²) in [6.45, 7) is 0. The molecule has 2 aromatic carbocycles. The lowest BCUT2D eigenvalue weighted by Gasteiger charge is -2.25. The Bertz CT molecular complexity index is 1220. The van der Waals surface area contributed by atoms with Gasteiger partial charge < -0.3 is 29.4 Å². The van der Waals surface area contributed by atoms with Crippen LogP contribution in [0.2, 0.25) is 0 Å². The van der Waals surface area contributed by atoms with E-state index in [0.29, 0.717) is 39.8 Å². The lowest BCUT2D eigenvalue weighted by atomic mass is 9.82. The van der Waals surface area contributed by atoms with E-state index in [2.05, 4.69) is 16.3 Å². The molecule has 1 aliphatic heterocycles. The van der Waals surface area contributed by atoms with Gasteiger partial charge in [-0.2, -0.15) is 5.26 Å². The number of benzene rings is 2. The van der Waals surface area contributed by atoms with Crippen molar-refractivity contribution in [3.05, 3.63) is 59.0 Å². The number of nitrogens with two attached hydrogens (primary N) is 1. The predicted octanol–water partition coefficient (Wildman–Crippen LogP) is 3.33. The number of aromatic amines is 1. The molecule has 32 heavy (non-hydrogen) atoms. The highest BCUT2D eigenvalue weighted by atomic mass is 16.5. The van der Waals surface area contributed by atoms with E-state index in [0.717, 1.165) is 5.56 Å². The molecule has 0 saturated heterocycles. The van der Waals surface area contributed by atoms with E-state index in [-0.39, 0.29) is 17.3 Å². The zero-order valence-electron chi connectivity index (χ0n) is 18.1. The maximum Gasteiger partial charge on any atom is 0.244 e. The minimum atomic E-state index is -0.586. The third-order valence-corrected chi connectivity index (χ3v) is 5.32. The lowest BCUT2D eigenvalue weighted by Crippen LogP contribution is -2.21. The largest absolute Gasteiger partial charge is 0.497 e. The standard InChI is InChI=1S/C23H22N4O5/c1-28-14-7-5-6-12(8-14)20-19-18(15(11-24)22(25)32-23(19)27-26-20)13-9-16(29-2)21(31-4)17(10-13)30-3/h5-10,18H,25H2,1-4H3,(H,26,27)/t18-/m1/s1. The van der Waals surface area contributed by atoms with Crippen molar-refractivity contribution in [2.24, 2.45) is 5.73 Å². The highest BCUT2D eigenvalue weighted by Gasteiger charge is 2.36. The van der Waals surface area contributed by atoms with Gasteiger partial charge in [-0.15, -0.1) is 5.10 Å². The fourth-order valence-electron chi connectivity index (χ4n) is 3.85. The number of nitriles is 1. The summed E-state index contributed by atoms with van der Waals surface area (Å²) in [5.41, 5.74) is 9.21. The van der Waals surface area contributed by atoms with E-state index in [1.807, 2.05) is 24.3 Å². The van der Waals surface area contributed by atoms with Crippen LogP contribution in [0.5, 0.6) is 28.9 Å². The van der Waals surface area contributed by atoms with Crippen molar-refractivity contribution in [3.63, 3.8) is 0 Å². The number of allylic oxidation sites excluding steroid dienone is 1. The van der Waals surface area contributed by atoms with Gasteiger partial charge in [0.15, 0.2) is 11.5 Å². The van der Waals surface area contributed by atoms with Crippen LogP contribution in [0.15, 0.2) is 47.9 Å². The van der Waals surface area contributed by atoms with Gasteiger partial charge in [0, 0.05) is 5.56 Å². The zero-order chi connectivity index (χ0) is 22.8. The molecule has 3 aromatic rings. The number of hydrogen-bond acceptors (Lipinski definition) is 8. The first-order valence-electron chi connectivity index (χ1n) is 9.66. The molecule has 9 heteroatoms. The van der Waals surface area contributed by atoms with Gasteiger partial charge in [0.2, 0.25) is 17.5 Å². The number of methoxy groups -OCH3 is 4. The van der Waals surface area contributed by atoms with Crippen LogP contribution in [-0.2, 0) is 0 Å². The number of ether oxygens (including phenoxy) is 5. The molecule has 0 unspecified atom stereocenters. The monoisotopic (exact) mass is 434 g/mol. The van der Waals surface area contributed by atoms with Gasteiger partial charge >= 0.3 is 0 Å². The average molecular weight is 434 g/mol. The summed E-state index contributed by atoms with van der Waals surface area (Å²) in [7, 11) is 6.19. The molecule has 3 N–H and O–H groups in total. The second-order valence-corrected chi connectivity index (χ2v) is 6.93. The molecule has 164 valence electrons. The molecule has 2 heterocycles. The Labute approximate surface area is 184 Å². The Kier molecular flexibility index (Phi) is 5.52. The fraction of sp³-hybridized carbons (Fsp3) is 0.217. The molecule has 0 fully saturated rings. The van der Waals surface area contributed by atoms with Gasteiger partial charge in [-0.3, -0.25) is 5.10 Å². The first-order chi connectivity index (χ1) is 15.6. The molecule has 4 rings (SSSR count). The number of nitrogens with one attached hydrogen (secondary N) is 1. The normalized spacial score (nSPS) is 14.8. The van der Waals surface area contributed by atoms with E-state index in [1.54, 1.807) is 19.2 Å². The zero-order valence-corrected chi connectivity index (χ0v) is 18.1.